The summed E-state index contributed by atoms with van der Waals surface area (Å²) in [6.45, 7) is 4.60. The number of hydrogen-bond donors (Lipinski definition) is 1. The number of hydrogen-bond acceptors (Lipinski definition) is 1. The zero-order valence-corrected chi connectivity index (χ0v) is 11.6. The zero-order chi connectivity index (χ0) is 13.3. The van der Waals surface area contributed by atoms with Crippen molar-refractivity contribution in [3.63, 3.8) is 0 Å². The highest BCUT2D eigenvalue weighted by Gasteiger charge is 2.39. The van der Waals surface area contributed by atoms with Crippen molar-refractivity contribution in [2.24, 2.45) is 0 Å². The van der Waals surface area contributed by atoms with E-state index in [0.717, 1.165) is 0 Å². The van der Waals surface area contributed by atoms with Crippen LogP contribution in [0.3, 0.4) is 0 Å². The standard InChI is InChI=1S/C18H21N/c1-18(2)13-16(14-9-5-3-6-10-14)17(19-18)15-11-7-4-8-12-15/h3-12,16-17,19H,13H2,1-2H3/t16-,17-/m0/s1. The van der Waals surface area contributed by atoms with Gasteiger partial charge < -0.3 is 5.32 Å². The van der Waals surface area contributed by atoms with E-state index < -0.39 is 0 Å². The van der Waals surface area contributed by atoms with E-state index >= 15 is 0 Å². The monoisotopic (exact) mass is 251 g/mol. The lowest BCUT2D eigenvalue weighted by molar-refractivity contribution is 0.433. The molecule has 0 amide bonds. The van der Waals surface area contributed by atoms with Gasteiger partial charge in [-0.1, -0.05) is 60.7 Å². The van der Waals surface area contributed by atoms with Crippen molar-refractivity contribution in [1.29, 1.82) is 0 Å². The second-order valence-corrected chi connectivity index (χ2v) is 6.14. The lowest BCUT2D eigenvalue weighted by atomic mass is 9.85. The van der Waals surface area contributed by atoms with Gasteiger partial charge in [0, 0.05) is 17.5 Å². The van der Waals surface area contributed by atoms with Crippen LogP contribution in [-0.2, 0) is 0 Å². The molecule has 2 atom stereocenters. The van der Waals surface area contributed by atoms with Crippen LogP contribution in [-0.4, -0.2) is 5.54 Å². The van der Waals surface area contributed by atoms with Crippen molar-refractivity contribution in [2.45, 2.75) is 37.8 Å². The molecule has 98 valence electrons. The van der Waals surface area contributed by atoms with E-state index in [0.29, 0.717) is 12.0 Å². The number of nitrogens with one attached hydrogen (secondary N) is 1. The van der Waals surface area contributed by atoms with Crippen molar-refractivity contribution < 1.29 is 0 Å². The fraction of sp³-hybridized carbons (Fsp3) is 0.333. The molecule has 0 bridgehead atoms. The van der Waals surface area contributed by atoms with Gasteiger partial charge >= 0.3 is 0 Å². The van der Waals surface area contributed by atoms with Gasteiger partial charge in [0.2, 0.25) is 0 Å². The van der Waals surface area contributed by atoms with Gasteiger partial charge in [-0.3, -0.25) is 0 Å². The Labute approximate surface area is 115 Å². The molecule has 1 N–H and O–H groups in total. The first-order valence-electron chi connectivity index (χ1n) is 7.03. The Bertz CT molecular complexity index is 481. The molecular formula is C18H21N. The summed E-state index contributed by atoms with van der Waals surface area (Å²) >= 11 is 0. The normalized spacial score (nSPS) is 25.4. The van der Waals surface area contributed by atoms with Crippen LogP contribution in [0.1, 0.15) is 43.4 Å². The third kappa shape index (κ3) is 2.57. The lowest BCUT2D eigenvalue weighted by Gasteiger charge is -2.21. The molecule has 2 aromatic rings. The fourth-order valence-corrected chi connectivity index (χ4v) is 3.23. The van der Waals surface area contributed by atoms with Crippen LogP contribution in [0, 0.1) is 0 Å². The predicted octanol–water partition coefficient (Wildman–Crippen LogP) is 4.28. The van der Waals surface area contributed by atoms with E-state index in [2.05, 4.69) is 79.8 Å². The Balaban J connectivity index is 1.97. The van der Waals surface area contributed by atoms with Gasteiger partial charge in [0.15, 0.2) is 0 Å². The number of rotatable bonds is 2. The molecule has 1 saturated heterocycles. The Morgan fingerprint density at radius 1 is 0.842 bits per heavy atom. The van der Waals surface area contributed by atoms with Crippen LogP contribution < -0.4 is 5.32 Å². The predicted molar refractivity (Wildman–Crippen MR) is 80.2 cm³/mol. The summed E-state index contributed by atoms with van der Waals surface area (Å²) in [5.74, 6) is 0.554. The van der Waals surface area contributed by atoms with Crippen molar-refractivity contribution >= 4 is 0 Å². The van der Waals surface area contributed by atoms with Gasteiger partial charge in [0.25, 0.3) is 0 Å². The molecular weight excluding hydrogens is 230 g/mol. The highest BCUT2D eigenvalue weighted by atomic mass is 15.0. The Morgan fingerprint density at radius 3 is 1.95 bits per heavy atom. The summed E-state index contributed by atoms with van der Waals surface area (Å²) < 4.78 is 0. The molecule has 0 radical (unpaired) electrons. The van der Waals surface area contributed by atoms with Gasteiger partial charge in [-0.25, -0.2) is 0 Å². The molecule has 0 unspecified atom stereocenters. The molecule has 1 aliphatic rings. The van der Waals surface area contributed by atoms with Gasteiger partial charge in [-0.15, -0.1) is 0 Å². The first-order valence-corrected chi connectivity index (χ1v) is 7.03. The fourth-order valence-electron chi connectivity index (χ4n) is 3.23. The van der Waals surface area contributed by atoms with Crippen LogP contribution in [0.15, 0.2) is 60.7 Å². The lowest BCUT2D eigenvalue weighted by Crippen LogP contribution is -2.33. The van der Waals surface area contributed by atoms with Gasteiger partial charge in [-0.2, -0.15) is 0 Å². The minimum absolute atomic E-state index is 0.195. The first-order chi connectivity index (χ1) is 9.16. The van der Waals surface area contributed by atoms with E-state index in [1.165, 1.54) is 17.5 Å². The van der Waals surface area contributed by atoms with Crippen LogP contribution in [0.2, 0.25) is 0 Å². The molecule has 3 rings (SSSR count). The maximum absolute atomic E-state index is 3.80. The summed E-state index contributed by atoms with van der Waals surface area (Å²) in [6, 6.07) is 22.1. The largest absolute Gasteiger partial charge is 0.304 e. The van der Waals surface area contributed by atoms with Crippen LogP contribution in [0.25, 0.3) is 0 Å². The zero-order valence-electron chi connectivity index (χ0n) is 11.6. The summed E-state index contributed by atoms with van der Waals surface area (Å²) in [5.41, 5.74) is 3.03. The summed E-state index contributed by atoms with van der Waals surface area (Å²) in [5, 5.41) is 3.80. The molecule has 2 aromatic carbocycles. The molecule has 1 nitrogen and oxygen atoms in total. The quantitative estimate of drug-likeness (QED) is 0.840. The van der Waals surface area contributed by atoms with E-state index in [1.54, 1.807) is 0 Å². The third-order valence-corrected chi connectivity index (χ3v) is 4.07. The number of benzene rings is 2. The smallest absolute Gasteiger partial charge is 0.0394 e. The van der Waals surface area contributed by atoms with E-state index in [4.69, 9.17) is 0 Å². The minimum atomic E-state index is 0.195. The molecule has 1 heteroatoms. The van der Waals surface area contributed by atoms with E-state index in [9.17, 15) is 0 Å². The molecule has 0 aromatic heterocycles. The molecule has 0 saturated carbocycles. The second-order valence-electron chi connectivity index (χ2n) is 6.14. The molecule has 1 fully saturated rings. The maximum Gasteiger partial charge on any atom is 0.0394 e. The van der Waals surface area contributed by atoms with Crippen molar-refractivity contribution in [3.05, 3.63) is 71.8 Å². The second kappa shape index (κ2) is 4.82. The average Bonchev–Trinajstić information content (AvgIpc) is 2.77. The van der Waals surface area contributed by atoms with Gasteiger partial charge in [-0.05, 0) is 31.4 Å². The Kier molecular flexibility index (Phi) is 3.16. The molecule has 1 aliphatic heterocycles. The highest BCUT2D eigenvalue weighted by Crippen LogP contribution is 2.43. The Morgan fingerprint density at radius 2 is 1.37 bits per heavy atom. The highest BCUT2D eigenvalue weighted by molar-refractivity contribution is 5.31. The molecule has 19 heavy (non-hydrogen) atoms. The van der Waals surface area contributed by atoms with Gasteiger partial charge in [0.05, 0.1) is 0 Å². The van der Waals surface area contributed by atoms with Gasteiger partial charge in [0.1, 0.15) is 0 Å². The Hall–Kier alpha value is -1.60. The average molecular weight is 251 g/mol. The van der Waals surface area contributed by atoms with Crippen LogP contribution >= 0.6 is 0 Å². The summed E-state index contributed by atoms with van der Waals surface area (Å²) in [7, 11) is 0. The third-order valence-electron chi connectivity index (χ3n) is 4.07. The summed E-state index contributed by atoms with van der Waals surface area (Å²) in [6.07, 6.45) is 1.18. The summed E-state index contributed by atoms with van der Waals surface area (Å²) in [4.78, 5) is 0. The van der Waals surface area contributed by atoms with Crippen molar-refractivity contribution in [1.82, 2.24) is 5.32 Å². The van der Waals surface area contributed by atoms with Crippen LogP contribution in [0.4, 0.5) is 0 Å². The topological polar surface area (TPSA) is 12.0 Å². The molecule has 1 heterocycles. The first kappa shape index (κ1) is 12.4. The SMILES string of the molecule is CC1(C)C[C@@H](c2ccccc2)[C@H](c2ccccc2)N1. The molecule has 0 spiro atoms. The van der Waals surface area contributed by atoms with Crippen LogP contribution in [0.5, 0.6) is 0 Å². The minimum Gasteiger partial charge on any atom is -0.304 e. The molecule has 0 aliphatic carbocycles. The van der Waals surface area contributed by atoms with Crippen molar-refractivity contribution in [3.8, 4) is 0 Å². The maximum atomic E-state index is 3.80. The van der Waals surface area contributed by atoms with E-state index in [-0.39, 0.29) is 5.54 Å². The van der Waals surface area contributed by atoms with Crippen molar-refractivity contribution in [2.75, 3.05) is 0 Å². The van der Waals surface area contributed by atoms with E-state index in [1.807, 2.05) is 0 Å².